The van der Waals surface area contributed by atoms with Crippen molar-refractivity contribution < 1.29 is 4.39 Å². The molecule has 0 heterocycles. The average molecular weight is 303 g/mol. The first kappa shape index (κ1) is 14.6. The molecule has 0 bridgehead atoms. The summed E-state index contributed by atoms with van der Waals surface area (Å²) in [6.45, 7) is 6.36. The van der Waals surface area contributed by atoms with Gasteiger partial charge in [-0.1, -0.05) is 29.8 Å². The van der Waals surface area contributed by atoms with Gasteiger partial charge in [-0.2, -0.15) is 0 Å². The lowest BCUT2D eigenvalue weighted by Gasteiger charge is -2.24. The van der Waals surface area contributed by atoms with E-state index in [1.807, 2.05) is 0 Å². The van der Waals surface area contributed by atoms with Crippen LogP contribution in [-0.2, 0) is 6.54 Å². The van der Waals surface area contributed by atoms with Gasteiger partial charge in [-0.15, -0.1) is 0 Å². The van der Waals surface area contributed by atoms with E-state index in [9.17, 15) is 4.39 Å². The Bertz CT molecular complexity index is 366. The van der Waals surface area contributed by atoms with Crippen molar-refractivity contribution in [1.29, 1.82) is 0 Å². The number of rotatable bonds is 6. The molecule has 0 aliphatic heterocycles. The summed E-state index contributed by atoms with van der Waals surface area (Å²) in [6.07, 6.45) is 0.959. The van der Waals surface area contributed by atoms with Gasteiger partial charge in [0.25, 0.3) is 0 Å². The van der Waals surface area contributed by atoms with E-state index >= 15 is 0 Å². The van der Waals surface area contributed by atoms with Gasteiger partial charge in [-0.05, 0) is 36.6 Å². The van der Waals surface area contributed by atoms with Gasteiger partial charge in [0.15, 0.2) is 0 Å². The standard InChI is InChI=1S/C13H20BrFN2/c1-13(2,5-6-16)9-17-8-10-7-11(14)3-4-12(10)15/h3-4,7,17H,5-6,8-9,16H2,1-2H3. The summed E-state index contributed by atoms with van der Waals surface area (Å²) in [5.41, 5.74) is 6.38. The minimum absolute atomic E-state index is 0.150. The molecule has 96 valence electrons. The molecule has 1 aromatic carbocycles. The third kappa shape index (κ3) is 5.15. The van der Waals surface area contributed by atoms with E-state index in [2.05, 4.69) is 35.1 Å². The van der Waals surface area contributed by atoms with Crippen LogP contribution in [0.1, 0.15) is 25.8 Å². The van der Waals surface area contributed by atoms with E-state index in [0.717, 1.165) is 17.4 Å². The van der Waals surface area contributed by atoms with E-state index in [4.69, 9.17) is 5.73 Å². The van der Waals surface area contributed by atoms with Gasteiger partial charge in [0, 0.05) is 23.1 Å². The van der Waals surface area contributed by atoms with Crippen molar-refractivity contribution in [2.45, 2.75) is 26.8 Å². The van der Waals surface area contributed by atoms with Crippen molar-refractivity contribution >= 4 is 15.9 Å². The highest BCUT2D eigenvalue weighted by Gasteiger charge is 2.16. The van der Waals surface area contributed by atoms with Crippen molar-refractivity contribution in [2.24, 2.45) is 11.1 Å². The lowest BCUT2D eigenvalue weighted by molar-refractivity contribution is 0.318. The predicted octanol–water partition coefficient (Wildman–Crippen LogP) is 3.05. The molecule has 0 unspecified atom stereocenters. The number of benzene rings is 1. The Morgan fingerprint density at radius 3 is 2.76 bits per heavy atom. The lowest BCUT2D eigenvalue weighted by Crippen LogP contribution is -2.31. The van der Waals surface area contributed by atoms with Gasteiger partial charge in [0.05, 0.1) is 0 Å². The molecule has 0 aliphatic rings. The lowest BCUT2D eigenvalue weighted by atomic mass is 9.89. The van der Waals surface area contributed by atoms with E-state index in [0.29, 0.717) is 18.7 Å². The van der Waals surface area contributed by atoms with Crippen LogP contribution < -0.4 is 11.1 Å². The minimum Gasteiger partial charge on any atom is -0.330 e. The SMILES string of the molecule is CC(C)(CCN)CNCc1cc(Br)ccc1F. The zero-order valence-corrected chi connectivity index (χ0v) is 12.0. The summed E-state index contributed by atoms with van der Waals surface area (Å²) in [6, 6.07) is 4.99. The Balaban J connectivity index is 2.48. The number of nitrogens with two attached hydrogens (primary N) is 1. The second-order valence-corrected chi connectivity index (χ2v) is 5.96. The molecule has 17 heavy (non-hydrogen) atoms. The van der Waals surface area contributed by atoms with Gasteiger partial charge < -0.3 is 11.1 Å². The summed E-state index contributed by atoms with van der Waals surface area (Å²) < 4.78 is 14.4. The maximum atomic E-state index is 13.5. The molecule has 0 saturated carbocycles. The summed E-state index contributed by atoms with van der Waals surface area (Å²) in [5.74, 6) is -0.169. The highest BCUT2D eigenvalue weighted by molar-refractivity contribution is 9.10. The predicted molar refractivity (Wildman–Crippen MR) is 73.3 cm³/mol. The summed E-state index contributed by atoms with van der Waals surface area (Å²) in [4.78, 5) is 0. The highest BCUT2D eigenvalue weighted by atomic mass is 79.9. The second kappa shape index (κ2) is 6.47. The van der Waals surface area contributed by atoms with Gasteiger partial charge >= 0.3 is 0 Å². The number of nitrogens with one attached hydrogen (secondary N) is 1. The van der Waals surface area contributed by atoms with Crippen LogP contribution in [0.5, 0.6) is 0 Å². The van der Waals surface area contributed by atoms with Crippen molar-refractivity contribution in [2.75, 3.05) is 13.1 Å². The Hall–Kier alpha value is -0.450. The Kier molecular flexibility index (Phi) is 5.56. The second-order valence-electron chi connectivity index (χ2n) is 5.04. The Morgan fingerprint density at radius 1 is 1.41 bits per heavy atom. The highest BCUT2D eigenvalue weighted by Crippen LogP contribution is 2.19. The van der Waals surface area contributed by atoms with E-state index in [1.54, 1.807) is 12.1 Å². The summed E-state index contributed by atoms with van der Waals surface area (Å²) >= 11 is 3.34. The molecular weight excluding hydrogens is 283 g/mol. The van der Waals surface area contributed by atoms with Crippen molar-refractivity contribution in [3.63, 3.8) is 0 Å². The third-order valence-corrected chi connectivity index (χ3v) is 3.24. The Labute approximate surface area is 111 Å². The number of hydrogen-bond acceptors (Lipinski definition) is 2. The van der Waals surface area contributed by atoms with E-state index < -0.39 is 0 Å². The quantitative estimate of drug-likeness (QED) is 0.847. The molecule has 0 atom stereocenters. The third-order valence-electron chi connectivity index (χ3n) is 2.75. The number of halogens is 2. The molecule has 0 saturated heterocycles. The van der Waals surface area contributed by atoms with E-state index in [1.165, 1.54) is 6.07 Å². The van der Waals surface area contributed by atoms with Gasteiger partial charge in [0.1, 0.15) is 5.82 Å². The average Bonchev–Trinajstić information content (AvgIpc) is 2.23. The maximum Gasteiger partial charge on any atom is 0.127 e. The zero-order chi connectivity index (χ0) is 12.9. The first-order valence-electron chi connectivity index (χ1n) is 5.79. The molecule has 0 aromatic heterocycles. The monoisotopic (exact) mass is 302 g/mol. The van der Waals surface area contributed by atoms with Gasteiger partial charge in [0.2, 0.25) is 0 Å². The fourth-order valence-electron chi connectivity index (χ4n) is 1.69. The van der Waals surface area contributed by atoms with Crippen LogP contribution in [0.2, 0.25) is 0 Å². The van der Waals surface area contributed by atoms with Crippen LogP contribution in [0, 0.1) is 11.2 Å². The molecule has 3 N–H and O–H groups in total. The fraction of sp³-hybridized carbons (Fsp3) is 0.538. The molecule has 0 spiro atoms. The molecule has 2 nitrogen and oxygen atoms in total. The molecule has 0 aliphatic carbocycles. The molecule has 0 radical (unpaired) electrons. The smallest absolute Gasteiger partial charge is 0.127 e. The Morgan fingerprint density at radius 2 is 2.12 bits per heavy atom. The molecule has 4 heteroatoms. The van der Waals surface area contributed by atoms with Crippen LogP contribution in [0.25, 0.3) is 0 Å². The molecule has 1 aromatic rings. The molecule has 0 amide bonds. The summed E-state index contributed by atoms with van der Waals surface area (Å²) in [5, 5.41) is 3.28. The molecule has 1 rings (SSSR count). The van der Waals surface area contributed by atoms with Crippen LogP contribution in [0.4, 0.5) is 4.39 Å². The largest absolute Gasteiger partial charge is 0.330 e. The van der Waals surface area contributed by atoms with Crippen molar-refractivity contribution in [3.8, 4) is 0 Å². The summed E-state index contributed by atoms with van der Waals surface area (Å²) in [7, 11) is 0. The number of hydrogen-bond donors (Lipinski definition) is 2. The molecule has 0 fully saturated rings. The normalized spacial score (nSPS) is 11.8. The van der Waals surface area contributed by atoms with Crippen LogP contribution >= 0.6 is 15.9 Å². The first-order valence-corrected chi connectivity index (χ1v) is 6.59. The zero-order valence-electron chi connectivity index (χ0n) is 10.4. The fourth-order valence-corrected chi connectivity index (χ4v) is 2.10. The van der Waals surface area contributed by atoms with E-state index in [-0.39, 0.29) is 11.2 Å². The maximum absolute atomic E-state index is 13.5. The topological polar surface area (TPSA) is 38.0 Å². The van der Waals surface area contributed by atoms with Crippen LogP contribution in [-0.4, -0.2) is 13.1 Å². The van der Waals surface area contributed by atoms with Gasteiger partial charge in [-0.25, -0.2) is 4.39 Å². The van der Waals surface area contributed by atoms with Gasteiger partial charge in [-0.3, -0.25) is 0 Å². The minimum atomic E-state index is -0.169. The molecular formula is C13H20BrFN2. The van der Waals surface area contributed by atoms with Crippen molar-refractivity contribution in [3.05, 3.63) is 34.1 Å². The van der Waals surface area contributed by atoms with Crippen LogP contribution in [0.3, 0.4) is 0 Å². The first-order chi connectivity index (χ1) is 7.94. The van der Waals surface area contributed by atoms with Crippen LogP contribution in [0.15, 0.2) is 22.7 Å². The van der Waals surface area contributed by atoms with Crippen molar-refractivity contribution in [1.82, 2.24) is 5.32 Å².